The summed E-state index contributed by atoms with van der Waals surface area (Å²) in [6.07, 6.45) is -1.11. The minimum atomic E-state index is -4.47. The number of amides is 2. The van der Waals surface area contributed by atoms with Crippen LogP contribution in [0.15, 0.2) is 60.2 Å². The number of thiophene rings is 1. The van der Waals surface area contributed by atoms with Crippen molar-refractivity contribution in [3.63, 3.8) is 0 Å². The molecule has 2 amide bonds. The molecule has 1 unspecified atom stereocenters. The summed E-state index contributed by atoms with van der Waals surface area (Å²) in [7, 11) is 0. The molecular weight excluding hydrogens is 393 g/mol. The number of hydrogen-bond donors (Lipinski definition) is 2. The van der Waals surface area contributed by atoms with Gasteiger partial charge < -0.3 is 10.6 Å². The summed E-state index contributed by atoms with van der Waals surface area (Å²) in [5.41, 5.74) is -0.747. The van der Waals surface area contributed by atoms with Crippen molar-refractivity contribution in [3.8, 4) is 0 Å². The third-order valence-corrected chi connectivity index (χ3v) is 4.82. The monoisotopic (exact) mass is 408 g/mol. The van der Waals surface area contributed by atoms with Crippen LogP contribution in [0, 0.1) is 0 Å². The van der Waals surface area contributed by atoms with Gasteiger partial charge in [0.05, 0.1) is 5.56 Å². The molecule has 2 N–H and O–H groups in total. The molecule has 3 rings (SSSR count). The number of hydrogen-bond acceptors (Lipinski definition) is 4. The van der Waals surface area contributed by atoms with E-state index in [1.165, 1.54) is 11.3 Å². The first-order valence-electron chi connectivity index (χ1n) is 8.13. The van der Waals surface area contributed by atoms with Gasteiger partial charge in [0.15, 0.2) is 0 Å². The van der Waals surface area contributed by atoms with Crippen LogP contribution in [0.1, 0.15) is 16.5 Å². The molecule has 1 aromatic carbocycles. The number of alkyl halides is 3. The fourth-order valence-electron chi connectivity index (χ4n) is 2.47. The lowest BCUT2D eigenvalue weighted by atomic mass is 10.2. The van der Waals surface area contributed by atoms with Crippen LogP contribution in [0.2, 0.25) is 0 Å². The molecule has 0 aliphatic rings. The first kappa shape index (κ1) is 19.6. The first-order valence-corrected chi connectivity index (χ1v) is 9.01. The van der Waals surface area contributed by atoms with E-state index < -0.39 is 23.6 Å². The van der Waals surface area contributed by atoms with Crippen LogP contribution in [-0.4, -0.2) is 28.1 Å². The highest BCUT2D eigenvalue weighted by Crippen LogP contribution is 2.29. The molecule has 3 aromatic rings. The second-order valence-electron chi connectivity index (χ2n) is 5.76. The van der Waals surface area contributed by atoms with Crippen LogP contribution in [0.25, 0.3) is 0 Å². The normalized spacial score (nSPS) is 12.4. The summed E-state index contributed by atoms with van der Waals surface area (Å²) in [4.78, 5) is 25.1. The Kier molecular flexibility index (Phi) is 5.78. The molecule has 0 spiro atoms. The molecule has 0 fully saturated rings. The zero-order valence-electron chi connectivity index (χ0n) is 14.3. The van der Waals surface area contributed by atoms with E-state index in [1.54, 1.807) is 23.1 Å². The van der Waals surface area contributed by atoms with Crippen LogP contribution in [-0.2, 0) is 15.8 Å². The lowest BCUT2D eigenvalue weighted by Crippen LogP contribution is -2.38. The number of nitrogens with one attached hydrogen (secondary N) is 2. The molecule has 2 aromatic heterocycles. The molecular formula is C18H15F3N4O2S. The molecule has 0 aliphatic carbocycles. The summed E-state index contributed by atoms with van der Waals surface area (Å²) >= 11 is 1.49. The second kappa shape index (κ2) is 8.26. The van der Waals surface area contributed by atoms with E-state index >= 15 is 0 Å². The standard InChI is InChI=1S/C18H15F3N4O2S/c19-18(20,21)12-4-6-13(7-5-12)24-17(27)16(26)22-11-14(15-3-1-10-28-15)25-9-2-8-23-25/h1-10,14H,11H2,(H,22,26)(H,24,27). The van der Waals surface area contributed by atoms with Gasteiger partial charge in [-0.25, -0.2) is 0 Å². The Bertz CT molecular complexity index is 889. The molecule has 0 bridgehead atoms. The van der Waals surface area contributed by atoms with E-state index in [4.69, 9.17) is 0 Å². The number of aromatic nitrogens is 2. The van der Waals surface area contributed by atoms with Gasteiger partial charge in [-0.3, -0.25) is 14.3 Å². The van der Waals surface area contributed by atoms with Crippen LogP contribution in [0.4, 0.5) is 18.9 Å². The average Bonchev–Trinajstić information content (AvgIpc) is 3.36. The van der Waals surface area contributed by atoms with Crippen molar-refractivity contribution < 1.29 is 22.8 Å². The Balaban J connectivity index is 1.60. The number of carbonyl (C=O) groups excluding carboxylic acids is 2. The average molecular weight is 408 g/mol. The van der Waals surface area contributed by atoms with E-state index in [0.717, 1.165) is 29.1 Å². The van der Waals surface area contributed by atoms with Gasteiger partial charge in [-0.15, -0.1) is 11.3 Å². The molecule has 28 heavy (non-hydrogen) atoms. The number of anilines is 1. The van der Waals surface area contributed by atoms with E-state index in [0.29, 0.717) is 0 Å². The minimum Gasteiger partial charge on any atom is -0.345 e. The number of carbonyl (C=O) groups is 2. The molecule has 10 heteroatoms. The molecule has 0 saturated heterocycles. The van der Waals surface area contributed by atoms with Crippen LogP contribution in [0.3, 0.4) is 0 Å². The molecule has 6 nitrogen and oxygen atoms in total. The van der Waals surface area contributed by atoms with Crippen molar-refractivity contribution in [1.82, 2.24) is 15.1 Å². The Hall–Kier alpha value is -3.14. The van der Waals surface area contributed by atoms with E-state index in [-0.39, 0.29) is 18.3 Å². The molecule has 2 heterocycles. The van der Waals surface area contributed by atoms with Crippen molar-refractivity contribution in [2.75, 3.05) is 11.9 Å². The summed E-state index contributed by atoms with van der Waals surface area (Å²) in [5, 5.41) is 10.9. The maximum Gasteiger partial charge on any atom is 0.416 e. The number of halogens is 3. The van der Waals surface area contributed by atoms with Gasteiger partial charge in [-0.05, 0) is 41.8 Å². The van der Waals surface area contributed by atoms with Gasteiger partial charge in [0.25, 0.3) is 0 Å². The molecule has 1 atom stereocenters. The Morgan fingerprint density at radius 2 is 1.86 bits per heavy atom. The summed E-state index contributed by atoms with van der Waals surface area (Å²) in [6.45, 7) is 0.126. The van der Waals surface area contributed by atoms with Crippen molar-refractivity contribution in [2.45, 2.75) is 12.2 Å². The van der Waals surface area contributed by atoms with Crippen molar-refractivity contribution in [1.29, 1.82) is 0 Å². The van der Waals surface area contributed by atoms with E-state index in [1.807, 2.05) is 17.5 Å². The Labute approximate surface area is 162 Å². The third-order valence-electron chi connectivity index (χ3n) is 3.85. The zero-order chi connectivity index (χ0) is 20.1. The maximum atomic E-state index is 12.6. The maximum absolute atomic E-state index is 12.6. The predicted molar refractivity (Wildman–Crippen MR) is 97.8 cm³/mol. The van der Waals surface area contributed by atoms with Crippen molar-refractivity contribution in [2.24, 2.45) is 0 Å². The predicted octanol–water partition coefficient (Wildman–Crippen LogP) is 3.31. The lowest BCUT2D eigenvalue weighted by Gasteiger charge is -2.17. The molecule has 0 aliphatic heterocycles. The Morgan fingerprint density at radius 3 is 2.43 bits per heavy atom. The summed E-state index contributed by atoms with van der Waals surface area (Å²) in [5.74, 6) is -1.86. The van der Waals surface area contributed by atoms with Crippen LogP contribution >= 0.6 is 11.3 Å². The first-order chi connectivity index (χ1) is 13.3. The second-order valence-corrected chi connectivity index (χ2v) is 6.74. The highest BCUT2D eigenvalue weighted by molar-refractivity contribution is 7.10. The number of nitrogens with zero attached hydrogens (tertiary/aromatic N) is 2. The largest absolute Gasteiger partial charge is 0.416 e. The highest BCUT2D eigenvalue weighted by Gasteiger charge is 2.30. The van der Waals surface area contributed by atoms with Gasteiger partial charge in [-0.1, -0.05) is 6.07 Å². The number of rotatable bonds is 5. The highest BCUT2D eigenvalue weighted by atomic mass is 32.1. The fourth-order valence-corrected chi connectivity index (χ4v) is 3.29. The van der Waals surface area contributed by atoms with Gasteiger partial charge in [-0.2, -0.15) is 18.3 Å². The molecule has 0 radical (unpaired) electrons. The van der Waals surface area contributed by atoms with Crippen LogP contribution in [0.5, 0.6) is 0 Å². The van der Waals surface area contributed by atoms with Gasteiger partial charge in [0.1, 0.15) is 6.04 Å². The SMILES string of the molecule is O=C(NCC(c1cccs1)n1cccn1)C(=O)Nc1ccc(C(F)(F)F)cc1. The van der Waals surface area contributed by atoms with Crippen molar-refractivity contribution in [3.05, 3.63) is 70.7 Å². The lowest BCUT2D eigenvalue weighted by molar-refractivity contribution is -0.137. The molecule has 0 saturated carbocycles. The number of benzene rings is 1. The van der Waals surface area contributed by atoms with Gasteiger partial charge >= 0.3 is 18.0 Å². The molecule has 146 valence electrons. The Morgan fingerprint density at radius 1 is 1.11 bits per heavy atom. The summed E-state index contributed by atoms with van der Waals surface area (Å²) < 4.78 is 39.4. The fraction of sp³-hybridized carbons (Fsp3) is 0.167. The summed E-state index contributed by atoms with van der Waals surface area (Å²) in [6, 6.07) is 9.08. The van der Waals surface area contributed by atoms with Gasteiger partial charge in [0, 0.05) is 29.5 Å². The van der Waals surface area contributed by atoms with Gasteiger partial charge in [0.2, 0.25) is 0 Å². The van der Waals surface area contributed by atoms with Crippen LogP contribution < -0.4 is 10.6 Å². The quantitative estimate of drug-likeness (QED) is 0.636. The van der Waals surface area contributed by atoms with Crippen molar-refractivity contribution >= 4 is 28.8 Å². The third kappa shape index (κ3) is 4.77. The van der Waals surface area contributed by atoms with E-state index in [2.05, 4.69) is 15.7 Å². The zero-order valence-corrected chi connectivity index (χ0v) is 15.1. The van der Waals surface area contributed by atoms with E-state index in [9.17, 15) is 22.8 Å². The topological polar surface area (TPSA) is 76.0 Å². The minimum absolute atomic E-state index is 0.0926. The smallest absolute Gasteiger partial charge is 0.345 e.